The Morgan fingerprint density at radius 1 is 1.35 bits per heavy atom. The predicted octanol–water partition coefficient (Wildman–Crippen LogP) is 2.35. The molecular formula is C14H16N2O. The Hall–Kier alpha value is -1.61. The van der Waals surface area contributed by atoms with E-state index in [2.05, 4.69) is 4.98 Å². The monoisotopic (exact) mass is 228 g/mol. The molecule has 2 N–H and O–H groups in total. The number of pyridine rings is 1. The zero-order chi connectivity index (χ0) is 11.7. The van der Waals surface area contributed by atoms with Gasteiger partial charge in [-0.3, -0.25) is 4.98 Å². The second-order valence-corrected chi connectivity index (χ2v) is 4.67. The molecular weight excluding hydrogens is 212 g/mol. The van der Waals surface area contributed by atoms with Gasteiger partial charge >= 0.3 is 0 Å². The molecule has 0 saturated heterocycles. The van der Waals surface area contributed by atoms with Gasteiger partial charge in [0.1, 0.15) is 12.4 Å². The molecule has 1 aliphatic rings. The molecule has 88 valence electrons. The maximum absolute atomic E-state index is 6.00. The number of fused-ring (bicyclic) bond motifs is 1. The fourth-order valence-corrected chi connectivity index (χ4v) is 1.99. The third kappa shape index (κ3) is 2.39. The third-order valence-corrected chi connectivity index (χ3v) is 3.25. The molecule has 3 nitrogen and oxygen atoms in total. The normalized spacial score (nSPS) is 17.0. The number of hydrogen-bond donors (Lipinski definition) is 1. The van der Waals surface area contributed by atoms with Crippen molar-refractivity contribution in [3.63, 3.8) is 0 Å². The van der Waals surface area contributed by atoms with Crippen molar-refractivity contribution in [1.82, 2.24) is 4.98 Å². The highest BCUT2D eigenvalue weighted by Gasteiger charge is 2.28. The van der Waals surface area contributed by atoms with Crippen LogP contribution in [-0.2, 0) is 0 Å². The first-order valence-electron chi connectivity index (χ1n) is 6.06. The van der Waals surface area contributed by atoms with Crippen LogP contribution in [0.5, 0.6) is 5.75 Å². The zero-order valence-corrected chi connectivity index (χ0v) is 9.67. The van der Waals surface area contributed by atoms with E-state index in [1.54, 1.807) is 6.20 Å². The maximum Gasteiger partial charge on any atom is 0.121 e. The fraction of sp³-hybridized carbons (Fsp3) is 0.357. The molecule has 1 unspecified atom stereocenters. The molecule has 1 atom stereocenters. The molecule has 1 aliphatic carbocycles. The summed E-state index contributed by atoms with van der Waals surface area (Å²) in [5, 5.41) is 1.13. The van der Waals surface area contributed by atoms with E-state index >= 15 is 0 Å². The topological polar surface area (TPSA) is 48.1 Å². The lowest BCUT2D eigenvalue weighted by molar-refractivity contribution is 0.276. The van der Waals surface area contributed by atoms with Gasteiger partial charge in [-0.1, -0.05) is 6.07 Å². The molecule has 1 aromatic heterocycles. The van der Waals surface area contributed by atoms with Crippen LogP contribution >= 0.6 is 0 Å². The molecule has 3 rings (SSSR count). The molecule has 0 bridgehead atoms. The van der Waals surface area contributed by atoms with Crippen LogP contribution in [0.4, 0.5) is 0 Å². The van der Waals surface area contributed by atoms with E-state index in [9.17, 15) is 0 Å². The van der Waals surface area contributed by atoms with Crippen molar-refractivity contribution in [2.24, 2.45) is 11.7 Å². The summed E-state index contributed by atoms with van der Waals surface area (Å²) in [6.45, 7) is 0.600. The standard InChI is InChI=1S/C14H16N2O/c15-13(10-3-4-10)9-17-12-6-5-11-2-1-7-16-14(11)8-12/h1-2,5-8,10,13H,3-4,9,15H2. The highest BCUT2D eigenvalue weighted by molar-refractivity contribution is 5.79. The lowest BCUT2D eigenvalue weighted by Crippen LogP contribution is -2.29. The van der Waals surface area contributed by atoms with Crippen LogP contribution in [0.25, 0.3) is 10.9 Å². The molecule has 1 heterocycles. The summed E-state index contributed by atoms with van der Waals surface area (Å²) in [4.78, 5) is 4.31. The third-order valence-electron chi connectivity index (χ3n) is 3.25. The molecule has 2 aromatic rings. The van der Waals surface area contributed by atoms with Gasteiger partial charge in [0.05, 0.1) is 5.52 Å². The lowest BCUT2D eigenvalue weighted by atomic mass is 10.2. The fourth-order valence-electron chi connectivity index (χ4n) is 1.99. The van der Waals surface area contributed by atoms with Gasteiger partial charge in [-0.15, -0.1) is 0 Å². The van der Waals surface area contributed by atoms with Crippen molar-refractivity contribution < 1.29 is 4.74 Å². The summed E-state index contributed by atoms with van der Waals surface area (Å²) >= 11 is 0. The van der Waals surface area contributed by atoms with Crippen LogP contribution in [0.1, 0.15) is 12.8 Å². The van der Waals surface area contributed by atoms with Crippen molar-refractivity contribution in [1.29, 1.82) is 0 Å². The van der Waals surface area contributed by atoms with Gasteiger partial charge in [0, 0.05) is 23.7 Å². The first kappa shape index (κ1) is 10.5. The minimum absolute atomic E-state index is 0.175. The van der Waals surface area contributed by atoms with Crippen LogP contribution < -0.4 is 10.5 Å². The second kappa shape index (κ2) is 4.34. The first-order valence-corrected chi connectivity index (χ1v) is 6.06. The first-order chi connectivity index (χ1) is 8.33. The predicted molar refractivity (Wildman–Crippen MR) is 67.9 cm³/mol. The van der Waals surface area contributed by atoms with Crippen LogP contribution in [0.2, 0.25) is 0 Å². The summed E-state index contributed by atoms with van der Waals surface area (Å²) < 4.78 is 5.71. The van der Waals surface area contributed by atoms with Gasteiger partial charge in [-0.05, 0) is 37.0 Å². The number of nitrogens with two attached hydrogens (primary N) is 1. The van der Waals surface area contributed by atoms with Gasteiger partial charge in [0.25, 0.3) is 0 Å². The van der Waals surface area contributed by atoms with Crippen LogP contribution in [0.15, 0.2) is 36.5 Å². The zero-order valence-electron chi connectivity index (χ0n) is 9.67. The van der Waals surface area contributed by atoms with Gasteiger partial charge in [0.15, 0.2) is 0 Å². The number of hydrogen-bond acceptors (Lipinski definition) is 3. The largest absolute Gasteiger partial charge is 0.492 e. The molecule has 1 saturated carbocycles. The number of benzene rings is 1. The number of ether oxygens (including phenoxy) is 1. The van der Waals surface area contributed by atoms with Gasteiger partial charge in [-0.25, -0.2) is 0 Å². The average molecular weight is 228 g/mol. The van der Waals surface area contributed by atoms with E-state index in [0.717, 1.165) is 16.7 Å². The Labute approximate surface area is 101 Å². The number of nitrogens with zero attached hydrogens (tertiary/aromatic N) is 1. The van der Waals surface area contributed by atoms with Crippen molar-refractivity contribution >= 4 is 10.9 Å². The molecule has 1 fully saturated rings. The number of aromatic nitrogens is 1. The summed E-state index contributed by atoms with van der Waals surface area (Å²) in [6.07, 6.45) is 4.30. The molecule has 1 aromatic carbocycles. The molecule has 0 aliphatic heterocycles. The summed E-state index contributed by atoms with van der Waals surface area (Å²) in [5.74, 6) is 1.53. The molecule has 0 spiro atoms. The van der Waals surface area contributed by atoms with Crippen molar-refractivity contribution in [2.75, 3.05) is 6.61 Å². The van der Waals surface area contributed by atoms with Crippen LogP contribution in [0, 0.1) is 5.92 Å². The smallest absolute Gasteiger partial charge is 0.121 e. The second-order valence-electron chi connectivity index (χ2n) is 4.67. The Bertz CT molecular complexity index is 522. The summed E-state index contributed by atoms with van der Waals surface area (Å²) in [6, 6.07) is 10.1. The Balaban J connectivity index is 1.71. The molecule has 0 amide bonds. The van der Waals surface area contributed by atoms with E-state index in [0.29, 0.717) is 12.5 Å². The Morgan fingerprint density at radius 3 is 3.06 bits per heavy atom. The lowest BCUT2D eigenvalue weighted by Gasteiger charge is -2.12. The van der Waals surface area contributed by atoms with Crippen LogP contribution in [0.3, 0.4) is 0 Å². The molecule has 0 radical (unpaired) electrons. The van der Waals surface area contributed by atoms with Gasteiger partial charge in [0.2, 0.25) is 0 Å². The van der Waals surface area contributed by atoms with E-state index in [1.165, 1.54) is 12.8 Å². The van der Waals surface area contributed by atoms with E-state index in [4.69, 9.17) is 10.5 Å². The van der Waals surface area contributed by atoms with Gasteiger partial charge in [-0.2, -0.15) is 0 Å². The van der Waals surface area contributed by atoms with E-state index in [-0.39, 0.29) is 6.04 Å². The highest BCUT2D eigenvalue weighted by Crippen LogP contribution is 2.31. The SMILES string of the molecule is NC(COc1ccc2cccnc2c1)C1CC1. The summed E-state index contributed by atoms with van der Waals surface area (Å²) in [5.41, 5.74) is 6.96. The summed E-state index contributed by atoms with van der Waals surface area (Å²) in [7, 11) is 0. The van der Waals surface area contributed by atoms with Gasteiger partial charge < -0.3 is 10.5 Å². The van der Waals surface area contributed by atoms with Crippen LogP contribution in [-0.4, -0.2) is 17.6 Å². The van der Waals surface area contributed by atoms with E-state index in [1.807, 2.05) is 30.3 Å². The Morgan fingerprint density at radius 2 is 2.24 bits per heavy atom. The van der Waals surface area contributed by atoms with Crippen molar-refractivity contribution in [2.45, 2.75) is 18.9 Å². The van der Waals surface area contributed by atoms with E-state index < -0.39 is 0 Å². The highest BCUT2D eigenvalue weighted by atomic mass is 16.5. The molecule has 3 heteroatoms. The average Bonchev–Trinajstić information content (AvgIpc) is 3.20. The molecule has 17 heavy (non-hydrogen) atoms. The van der Waals surface area contributed by atoms with Crippen molar-refractivity contribution in [3.8, 4) is 5.75 Å². The number of rotatable bonds is 4. The quantitative estimate of drug-likeness (QED) is 0.873. The maximum atomic E-state index is 6.00. The minimum atomic E-state index is 0.175. The van der Waals surface area contributed by atoms with Crippen molar-refractivity contribution in [3.05, 3.63) is 36.5 Å². The Kier molecular flexibility index (Phi) is 2.69. The minimum Gasteiger partial charge on any atom is -0.492 e.